The average Bonchev–Trinajstić information content (AvgIpc) is 2.63. The Kier molecular flexibility index (Phi) is 4.83. The first kappa shape index (κ1) is 14.4. The van der Waals surface area contributed by atoms with Gasteiger partial charge in [0.2, 0.25) is 0 Å². The maximum Gasteiger partial charge on any atom is 0.118 e. The van der Waals surface area contributed by atoms with Gasteiger partial charge in [-0.05, 0) is 56.5 Å². The van der Waals surface area contributed by atoms with E-state index in [1.54, 1.807) is 7.11 Å². The molecule has 2 rings (SSSR count). The van der Waals surface area contributed by atoms with E-state index < -0.39 is 5.60 Å². The van der Waals surface area contributed by atoms with Crippen LogP contribution in [0.15, 0.2) is 24.3 Å². The van der Waals surface area contributed by atoms with Gasteiger partial charge in [0.25, 0.3) is 0 Å². The first-order chi connectivity index (χ1) is 9.18. The van der Waals surface area contributed by atoms with Gasteiger partial charge < -0.3 is 14.7 Å². The van der Waals surface area contributed by atoms with Crippen molar-refractivity contribution in [1.82, 2.24) is 4.90 Å². The molecule has 3 nitrogen and oxygen atoms in total. The lowest BCUT2D eigenvalue weighted by Gasteiger charge is -2.27. The zero-order valence-electron chi connectivity index (χ0n) is 12.1. The third-order valence-electron chi connectivity index (χ3n) is 4.07. The van der Waals surface area contributed by atoms with Crippen molar-refractivity contribution < 1.29 is 9.84 Å². The second-order valence-electron chi connectivity index (χ2n) is 5.46. The van der Waals surface area contributed by atoms with Crippen LogP contribution in [-0.2, 0) is 5.60 Å². The summed E-state index contributed by atoms with van der Waals surface area (Å²) in [5.74, 6) is 0.841. The zero-order chi connectivity index (χ0) is 13.7. The van der Waals surface area contributed by atoms with Gasteiger partial charge in [0.05, 0.1) is 12.7 Å². The van der Waals surface area contributed by atoms with Gasteiger partial charge in [0, 0.05) is 6.54 Å². The predicted molar refractivity (Wildman–Crippen MR) is 77.5 cm³/mol. The molecular formula is C16H25NO2. The molecule has 0 saturated carbocycles. The fourth-order valence-electron chi connectivity index (χ4n) is 2.90. The van der Waals surface area contributed by atoms with Crippen LogP contribution in [-0.4, -0.2) is 36.8 Å². The summed E-state index contributed by atoms with van der Waals surface area (Å²) in [5, 5.41) is 10.9. The quantitative estimate of drug-likeness (QED) is 0.906. The molecule has 1 heterocycles. The predicted octanol–water partition coefficient (Wildman–Crippen LogP) is 2.78. The molecule has 1 N–H and O–H groups in total. The van der Waals surface area contributed by atoms with E-state index in [-0.39, 0.29) is 0 Å². The maximum atomic E-state index is 10.9. The lowest BCUT2D eigenvalue weighted by Crippen LogP contribution is -2.29. The van der Waals surface area contributed by atoms with E-state index in [4.69, 9.17) is 4.74 Å². The maximum absolute atomic E-state index is 10.9. The first-order valence-electron chi connectivity index (χ1n) is 7.27. The van der Waals surface area contributed by atoms with Crippen molar-refractivity contribution in [1.29, 1.82) is 0 Å². The number of likely N-dealkylation sites (tertiary alicyclic amines) is 1. The molecule has 106 valence electrons. The normalized spacial score (nSPS) is 25.0. The van der Waals surface area contributed by atoms with E-state index in [1.165, 1.54) is 6.42 Å². The molecule has 1 aromatic carbocycles. The Hall–Kier alpha value is -1.06. The number of ether oxygens (including phenoxy) is 1. The van der Waals surface area contributed by atoms with E-state index in [9.17, 15) is 5.11 Å². The Morgan fingerprint density at radius 3 is 2.58 bits per heavy atom. The number of aliphatic hydroxyl groups is 1. The molecule has 1 atom stereocenters. The summed E-state index contributed by atoms with van der Waals surface area (Å²) >= 11 is 0. The first-order valence-corrected chi connectivity index (χ1v) is 7.27. The lowest BCUT2D eigenvalue weighted by molar-refractivity contribution is 0.0212. The molecular weight excluding hydrogens is 238 g/mol. The molecule has 0 aromatic heterocycles. The van der Waals surface area contributed by atoms with E-state index in [0.29, 0.717) is 0 Å². The summed E-state index contributed by atoms with van der Waals surface area (Å²) in [6, 6.07) is 7.85. The summed E-state index contributed by atoms with van der Waals surface area (Å²) in [4.78, 5) is 2.46. The Morgan fingerprint density at radius 2 is 1.95 bits per heavy atom. The zero-order valence-corrected chi connectivity index (χ0v) is 12.1. The largest absolute Gasteiger partial charge is 0.497 e. The molecule has 1 aromatic rings. The smallest absolute Gasteiger partial charge is 0.118 e. The fourth-order valence-corrected chi connectivity index (χ4v) is 2.90. The molecule has 1 saturated heterocycles. The Morgan fingerprint density at radius 1 is 1.21 bits per heavy atom. The van der Waals surface area contributed by atoms with Crippen LogP contribution in [0.3, 0.4) is 0 Å². The average molecular weight is 263 g/mol. The molecule has 1 fully saturated rings. The standard InChI is InChI=1S/C16H25NO2/c1-3-11-17-12-4-9-16(18,10-13-17)14-5-7-15(19-2)8-6-14/h5-8,18H,3-4,9-13H2,1-2H3. The lowest BCUT2D eigenvalue weighted by atomic mass is 9.87. The van der Waals surface area contributed by atoms with Gasteiger partial charge in [-0.2, -0.15) is 0 Å². The van der Waals surface area contributed by atoms with E-state index in [1.807, 2.05) is 24.3 Å². The topological polar surface area (TPSA) is 32.7 Å². The van der Waals surface area contributed by atoms with Crippen LogP contribution in [0.25, 0.3) is 0 Å². The highest BCUT2D eigenvalue weighted by Gasteiger charge is 2.31. The van der Waals surface area contributed by atoms with Gasteiger partial charge in [-0.15, -0.1) is 0 Å². The van der Waals surface area contributed by atoms with Gasteiger partial charge in [0.15, 0.2) is 0 Å². The van der Waals surface area contributed by atoms with Gasteiger partial charge in [0.1, 0.15) is 5.75 Å². The minimum absolute atomic E-state index is 0.672. The molecule has 3 heteroatoms. The van der Waals surface area contributed by atoms with Crippen molar-refractivity contribution in [3.8, 4) is 5.75 Å². The summed E-state index contributed by atoms with van der Waals surface area (Å²) in [6.45, 7) is 5.43. The summed E-state index contributed by atoms with van der Waals surface area (Å²) in [5.41, 5.74) is 0.348. The molecule has 0 aliphatic carbocycles. The van der Waals surface area contributed by atoms with Crippen LogP contribution in [0.5, 0.6) is 5.75 Å². The van der Waals surface area contributed by atoms with Crippen molar-refractivity contribution in [2.24, 2.45) is 0 Å². The van der Waals surface area contributed by atoms with Crippen molar-refractivity contribution in [3.63, 3.8) is 0 Å². The van der Waals surface area contributed by atoms with Crippen LogP contribution in [0.4, 0.5) is 0 Å². The van der Waals surface area contributed by atoms with E-state index in [0.717, 1.165) is 50.2 Å². The molecule has 0 spiro atoms. The molecule has 0 radical (unpaired) electrons. The number of methoxy groups -OCH3 is 1. The van der Waals surface area contributed by atoms with Crippen molar-refractivity contribution in [2.75, 3.05) is 26.7 Å². The number of benzene rings is 1. The number of hydrogen-bond donors (Lipinski definition) is 1. The highest BCUT2D eigenvalue weighted by molar-refractivity contribution is 5.31. The van der Waals surface area contributed by atoms with Gasteiger partial charge in [-0.1, -0.05) is 19.1 Å². The number of hydrogen-bond acceptors (Lipinski definition) is 3. The summed E-state index contributed by atoms with van der Waals surface area (Å²) in [6.07, 6.45) is 3.91. The second-order valence-corrected chi connectivity index (χ2v) is 5.46. The third-order valence-corrected chi connectivity index (χ3v) is 4.07. The van der Waals surface area contributed by atoms with Crippen molar-refractivity contribution in [2.45, 2.75) is 38.2 Å². The minimum atomic E-state index is -0.672. The van der Waals surface area contributed by atoms with Crippen LogP contribution in [0.1, 0.15) is 38.2 Å². The molecule has 1 aliphatic rings. The SMILES string of the molecule is CCCN1CCCC(O)(c2ccc(OC)cc2)CC1. The fraction of sp³-hybridized carbons (Fsp3) is 0.625. The molecule has 0 amide bonds. The van der Waals surface area contributed by atoms with Gasteiger partial charge in [-0.25, -0.2) is 0 Å². The van der Waals surface area contributed by atoms with Gasteiger partial charge in [-0.3, -0.25) is 0 Å². The summed E-state index contributed by atoms with van der Waals surface area (Å²) < 4.78 is 5.17. The van der Waals surface area contributed by atoms with Crippen molar-refractivity contribution >= 4 is 0 Å². The molecule has 1 unspecified atom stereocenters. The Bertz CT molecular complexity index is 390. The second kappa shape index (κ2) is 6.40. The monoisotopic (exact) mass is 263 g/mol. The van der Waals surface area contributed by atoms with Crippen LogP contribution in [0, 0.1) is 0 Å². The molecule has 0 bridgehead atoms. The number of rotatable bonds is 4. The van der Waals surface area contributed by atoms with Crippen molar-refractivity contribution in [3.05, 3.63) is 29.8 Å². The highest BCUT2D eigenvalue weighted by atomic mass is 16.5. The van der Waals surface area contributed by atoms with Gasteiger partial charge >= 0.3 is 0 Å². The Balaban J connectivity index is 2.08. The molecule has 19 heavy (non-hydrogen) atoms. The summed E-state index contributed by atoms with van der Waals surface area (Å²) in [7, 11) is 1.66. The minimum Gasteiger partial charge on any atom is -0.497 e. The van der Waals surface area contributed by atoms with E-state index >= 15 is 0 Å². The van der Waals surface area contributed by atoms with E-state index in [2.05, 4.69) is 11.8 Å². The highest BCUT2D eigenvalue weighted by Crippen LogP contribution is 2.33. The van der Waals surface area contributed by atoms with Crippen LogP contribution >= 0.6 is 0 Å². The number of nitrogens with zero attached hydrogens (tertiary/aromatic N) is 1. The Labute approximate surface area is 116 Å². The van der Waals surface area contributed by atoms with Crippen LogP contribution < -0.4 is 4.74 Å². The third kappa shape index (κ3) is 3.48. The van der Waals surface area contributed by atoms with Crippen LogP contribution in [0.2, 0.25) is 0 Å². The molecule has 1 aliphatic heterocycles.